The van der Waals surface area contributed by atoms with Crippen molar-refractivity contribution in [2.45, 2.75) is 6.54 Å². The molecule has 10 heteroatoms. The van der Waals surface area contributed by atoms with Gasteiger partial charge in [0.1, 0.15) is 5.69 Å². The Morgan fingerprint density at radius 2 is 1.81 bits per heavy atom. The number of nitro benzene ring substituents is 1. The first-order valence-corrected chi connectivity index (χ1v) is 9.46. The van der Waals surface area contributed by atoms with Crippen LogP contribution in [0.15, 0.2) is 71.3 Å². The van der Waals surface area contributed by atoms with Gasteiger partial charge in [-0.05, 0) is 35.9 Å². The fourth-order valence-electron chi connectivity index (χ4n) is 2.76. The van der Waals surface area contributed by atoms with E-state index in [1.54, 1.807) is 48.5 Å². The van der Waals surface area contributed by atoms with E-state index in [-0.39, 0.29) is 36.5 Å². The van der Waals surface area contributed by atoms with Crippen LogP contribution in [0.3, 0.4) is 0 Å². The second-order valence-electron chi connectivity index (χ2n) is 6.44. The monoisotopic (exact) mass is 423 g/mol. The number of urea groups is 1. The highest BCUT2D eigenvalue weighted by molar-refractivity contribution is 6.02. The van der Waals surface area contributed by atoms with Crippen molar-refractivity contribution in [3.63, 3.8) is 0 Å². The van der Waals surface area contributed by atoms with Crippen LogP contribution in [0.1, 0.15) is 16.1 Å². The number of anilines is 2. The lowest BCUT2D eigenvalue weighted by Gasteiger charge is -2.10. The van der Waals surface area contributed by atoms with E-state index in [9.17, 15) is 19.7 Å². The van der Waals surface area contributed by atoms with Crippen molar-refractivity contribution in [2.24, 2.45) is 0 Å². The molecule has 3 aromatic rings. The lowest BCUT2D eigenvalue weighted by Crippen LogP contribution is -2.37. The van der Waals surface area contributed by atoms with E-state index in [0.29, 0.717) is 17.9 Å². The largest absolute Gasteiger partial charge is 0.459 e. The quantitative estimate of drug-likeness (QED) is 0.236. The van der Waals surface area contributed by atoms with E-state index in [1.807, 2.05) is 6.07 Å². The molecule has 160 valence electrons. The van der Waals surface area contributed by atoms with E-state index >= 15 is 0 Å². The van der Waals surface area contributed by atoms with Gasteiger partial charge in [0, 0.05) is 31.4 Å². The van der Waals surface area contributed by atoms with E-state index in [2.05, 4.69) is 21.3 Å². The molecule has 0 unspecified atom stereocenters. The maximum absolute atomic E-state index is 12.0. The number of para-hydroxylation sites is 2. The van der Waals surface area contributed by atoms with Crippen molar-refractivity contribution in [1.29, 1.82) is 0 Å². The Balaban J connectivity index is 1.41. The molecule has 0 spiro atoms. The van der Waals surface area contributed by atoms with E-state index < -0.39 is 4.92 Å². The molecule has 0 saturated carbocycles. The molecule has 1 heterocycles. The zero-order valence-electron chi connectivity index (χ0n) is 16.5. The standard InChI is InChI=1S/C21H21N5O5/c27-20(19-9-4-12-31-19)25-16-6-3-5-15(13-16)14-24-21(28)23-11-10-22-17-7-1-2-8-18(17)26(29)30/h1-9,12-13,22H,10-11,14H2,(H,25,27)(H2,23,24,28). The molecular weight excluding hydrogens is 402 g/mol. The van der Waals surface area contributed by atoms with Gasteiger partial charge in [0.05, 0.1) is 11.2 Å². The van der Waals surface area contributed by atoms with Gasteiger partial charge < -0.3 is 25.7 Å². The molecular formula is C21H21N5O5. The molecule has 0 aliphatic heterocycles. The molecule has 3 rings (SSSR count). The van der Waals surface area contributed by atoms with Gasteiger partial charge in [-0.25, -0.2) is 4.79 Å². The summed E-state index contributed by atoms with van der Waals surface area (Å²) >= 11 is 0. The smallest absolute Gasteiger partial charge is 0.315 e. The van der Waals surface area contributed by atoms with Gasteiger partial charge >= 0.3 is 6.03 Å². The molecule has 31 heavy (non-hydrogen) atoms. The van der Waals surface area contributed by atoms with Crippen LogP contribution in [0.2, 0.25) is 0 Å². The number of nitrogens with zero attached hydrogens (tertiary/aromatic N) is 1. The number of rotatable bonds is 9. The predicted molar refractivity (Wildman–Crippen MR) is 115 cm³/mol. The maximum Gasteiger partial charge on any atom is 0.315 e. The average molecular weight is 423 g/mol. The van der Waals surface area contributed by atoms with Crippen LogP contribution in [-0.2, 0) is 6.54 Å². The molecule has 0 atom stereocenters. The Morgan fingerprint density at radius 3 is 2.58 bits per heavy atom. The van der Waals surface area contributed by atoms with Crippen molar-refractivity contribution in [3.05, 3.63) is 88.4 Å². The molecule has 0 saturated heterocycles. The first-order valence-electron chi connectivity index (χ1n) is 9.46. The number of carbonyl (C=O) groups is 2. The molecule has 4 N–H and O–H groups in total. The minimum atomic E-state index is -0.465. The van der Waals surface area contributed by atoms with Crippen molar-refractivity contribution < 1.29 is 18.9 Å². The molecule has 3 amide bonds. The topological polar surface area (TPSA) is 139 Å². The Labute approximate surface area is 177 Å². The minimum Gasteiger partial charge on any atom is -0.459 e. The zero-order valence-corrected chi connectivity index (χ0v) is 16.5. The fourth-order valence-corrected chi connectivity index (χ4v) is 2.76. The fraction of sp³-hybridized carbons (Fsp3) is 0.143. The summed E-state index contributed by atoms with van der Waals surface area (Å²) in [6.45, 7) is 0.859. The summed E-state index contributed by atoms with van der Waals surface area (Å²) < 4.78 is 5.05. The third kappa shape index (κ3) is 6.32. The van der Waals surface area contributed by atoms with Crippen LogP contribution in [0, 0.1) is 10.1 Å². The van der Waals surface area contributed by atoms with Crippen molar-refractivity contribution >= 4 is 29.0 Å². The van der Waals surface area contributed by atoms with Gasteiger partial charge in [0.15, 0.2) is 5.76 Å². The van der Waals surface area contributed by atoms with Crippen LogP contribution in [0.4, 0.5) is 21.9 Å². The molecule has 0 aliphatic rings. The van der Waals surface area contributed by atoms with Gasteiger partial charge in [-0.1, -0.05) is 24.3 Å². The third-order valence-corrected chi connectivity index (χ3v) is 4.21. The highest BCUT2D eigenvalue weighted by Crippen LogP contribution is 2.22. The normalized spacial score (nSPS) is 10.2. The lowest BCUT2D eigenvalue weighted by molar-refractivity contribution is -0.384. The minimum absolute atomic E-state index is 0.0222. The van der Waals surface area contributed by atoms with Gasteiger partial charge in [0.25, 0.3) is 11.6 Å². The summed E-state index contributed by atoms with van der Waals surface area (Å²) in [6, 6.07) is 16.2. The number of nitro groups is 1. The second-order valence-corrected chi connectivity index (χ2v) is 6.44. The average Bonchev–Trinajstić information content (AvgIpc) is 3.31. The number of benzene rings is 2. The van der Waals surface area contributed by atoms with Crippen molar-refractivity contribution in [3.8, 4) is 0 Å². The maximum atomic E-state index is 12.0. The Morgan fingerprint density at radius 1 is 0.968 bits per heavy atom. The Kier molecular flexibility index (Phi) is 7.20. The van der Waals surface area contributed by atoms with E-state index in [4.69, 9.17) is 4.42 Å². The van der Waals surface area contributed by atoms with Crippen molar-refractivity contribution in [2.75, 3.05) is 23.7 Å². The highest BCUT2D eigenvalue weighted by atomic mass is 16.6. The molecule has 1 aromatic heterocycles. The van der Waals surface area contributed by atoms with Gasteiger partial charge in [-0.3, -0.25) is 14.9 Å². The summed E-state index contributed by atoms with van der Waals surface area (Å²) in [4.78, 5) is 34.5. The van der Waals surface area contributed by atoms with Gasteiger partial charge in [0.2, 0.25) is 0 Å². The summed E-state index contributed by atoms with van der Waals surface area (Å²) in [5, 5.41) is 22.0. The third-order valence-electron chi connectivity index (χ3n) is 4.21. The molecule has 10 nitrogen and oxygen atoms in total. The predicted octanol–water partition coefficient (Wildman–Crippen LogP) is 3.35. The molecule has 2 aromatic carbocycles. The summed E-state index contributed by atoms with van der Waals surface area (Å²) in [6.07, 6.45) is 1.42. The van der Waals surface area contributed by atoms with Gasteiger partial charge in [-0.15, -0.1) is 0 Å². The molecule has 0 aliphatic carbocycles. The lowest BCUT2D eigenvalue weighted by atomic mass is 10.2. The van der Waals surface area contributed by atoms with Crippen LogP contribution in [-0.4, -0.2) is 30.0 Å². The number of furan rings is 1. The van der Waals surface area contributed by atoms with Crippen LogP contribution < -0.4 is 21.3 Å². The highest BCUT2D eigenvalue weighted by Gasteiger charge is 2.11. The van der Waals surface area contributed by atoms with Crippen LogP contribution in [0.25, 0.3) is 0 Å². The number of carbonyl (C=O) groups excluding carboxylic acids is 2. The van der Waals surface area contributed by atoms with Gasteiger partial charge in [-0.2, -0.15) is 0 Å². The molecule has 0 radical (unpaired) electrons. The van der Waals surface area contributed by atoms with Crippen LogP contribution in [0.5, 0.6) is 0 Å². The molecule has 0 fully saturated rings. The number of amides is 3. The van der Waals surface area contributed by atoms with Crippen molar-refractivity contribution in [1.82, 2.24) is 10.6 Å². The van der Waals surface area contributed by atoms with E-state index in [1.165, 1.54) is 12.3 Å². The summed E-state index contributed by atoms with van der Waals surface area (Å²) in [5.41, 5.74) is 1.74. The number of hydrogen-bond donors (Lipinski definition) is 4. The number of hydrogen-bond acceptors (Lipinski definition) is 6. The summed E-state index contributed by atoms with van der Waals surface area (Å²) in [7, 11) is 0. The number of nitrogens with one attached hydrogen (secondary N) is 4. The molecule has 0 bridgehead atoms. The van der Waals surface area contributed by atoms with E-state index in [0.717, 1.165) is 5.56 Å². The first kappa shape index (κ1) is 21.4. The zero-order chi connectivity index (χ0) is 22.1. The Bertz CT molecular complexity index is 1050. The summed E-state index contributed by atoms with van der Waals surface area (Å²) in [5.74, 6) is -0.156. The van der Waals surface area contributed by atoms with Crippen LogP contribution >= 0.6 is 0 Å². The Hall–Kier alpha value is -4.34. The second kappa shape index (κ2) is 10.4. The SMILES string of the molecule is O=C(NCCNc1ccccc1[N+](=O)[O-])NCc1cccc(NC(=O)c2ccco2)c1. The first-order chi connectivity index (χ1) is 15.0.